The van der Waals surface area contributed by atoms with Gasteiger partial charge in [-0.15, -0.1) is 0 Å². The van der Waals surface area contributed by atoms with Crippen molar-refractivity contribution in [2.75, 3.05) is 0 Å². The van der Waals surface area contributed by atoms with Gasteiger partial charge in [0.25, 0.3) is 0 Å². The molecule has 0 atom stereocenters. The molecule has 0 aromatic carbocycles. The van der Waals surface area contributed by atoms with Crippen molar-refractivity contribution in [3.05, 3.63) is 23.9 Å². The Kier molecular flexibility index (Phi) is 5.94. The molecule has 0 fully saturated rings. The fourth-order valence-electron chi connectivity index (χ4n) is 1.02. The Morgan fingerprint density at radius 3 is 2.62 bits per heavy atom. The number of nitrogens with zero attached hydrogens (tertiary/aromatic N) is 1. The molecule has 0 aliphatic carbocycles. The monoisotopic (exact) mass is 180 g/mol. The van der Waals surface area contributed by atoms with Gasteiger partial charge in [-0.3, -0.25) is 5.43 Å². The van der Waals surface area contributed by atoms with Gasteiger partial charge in [0.05, 0.1) is 0 Å². The molecule has 0 unspecified atom stereocenters. The van der Waals surface area contributed by atoms with Crippen LogP contribution < -0.4 is 5.43 Å². The molecule has 0 radical (unpaired) electrons. The normalized spacial score (nSPS) is 11.5. The number of hydrazone groups is 1. The third-order valence-electron chi connectivity index (χ3n) is 1.76. The van der Waals surface area contributed by atoms with Gasteiger partial charge in [-0.1, -0.05) is 26.0 Å². The summed E-state index contributed by atoms with van der Waals surface area (Å²) in [4.78, 5) is 0. The van der Waals surface area contributed by atoms with Crippen molar-refractivity contribution < 1.29 is 0 Å². The summed E-state index contributed by atoms with van der Waals surface area (Å²) in [6.45, 7) is 13.7. The highest BCUT2D eigenvalue weighted by Crippen LogP contribution is 2.11. The largest absolute Gasteiger partial charge is 0.280 e. The van der Waals surface area contributed by atoms with Crippen molar-refractivity contribution in [2.45, 2.75) is 33.6 Å². The van der Waals surface area contributed by atoms with Crippen molar-refractivity contribution in [1.29, 1.82) is 0 Å². The first-order valence-electron chi connectivity index (χ1n) is 4.64. The highest BCUT2D eigenvalue weighted by atomic mass is 15.3. The average Bonchev–Trinajstić information content (AvgIpc) is 2.01. The summed E-state index contributed by atoms with van der Waals surface area (Å²) in [7, 11) is 0. The van der Waals surface area contributed by atoms with Crippen LogP contribution in [0.2, 0.25) is 0 Å². The van der Waals surface area contributed by atoms with Crippen LogP contribution in [0.25, 0.3) is 0 Å². The van der Waals surface area contributed by atoms with Gasteiger partial charge in [0, 0.05) is 12.4 Å². The molecule has 0 aliphatic heterocycles. The minimum Gasteiger partial charge on any atom is -0.280 e. The summed E-state index contributed by atoms with van der Waals surface area (Å²) in [5.41, 5.74) is 4.84. The maximum atomic E-state index is 3.79. The fourth-order valence-corrected chi connectivity index (χ4v) is 1.02. The van der Waals surface area contributed by atoms with Crippen LogP contribution >= 0.6 is 0 Å². The Labute approximate surface area is 81.4 Å². The van der Waals surface area contributed by atoms with E-state index in [1.165, 1.54) is 12.0 Å². The summed E-state index contributed by atoms with van der Waals surface area (Å²) in [6, 6.07) is 0. The highest BCUT2D eigenvalue weighted by Gasteiger charge is 1.95. The molecular weight excluding hydrogens is 160 g/mol. The molecule has 0 aromatic rings. The topological polar surface area (TPSA) is 24.4 Å². The van der Waals surface area contributed by atoms with Crippen LogP contribution in [0.15, 0.2) is 29.0 Å². The van der Waals surface area contributed by atoms with E-state index in [1.54, 1.807) is 0 Å². The number of nitrogens with one attached hydrogen (secondary N) is 1. The van der Waals surface area contributed by atoms with Crippen molar-refractivity contribution >= 4 is 6.72 Å². The Bertz CT molecular complexity index is 202. The molecule has 0 aliphatic rings. The van der Waals surface area contributed by atoms with Gasteiger partial charge in [-0.05, 0) is 31.8 Å². The van der Waals surface area contributed by atoms with Gasteiger partial charge in [0.15, 0.2) is 0 Å². The van der Waals surface area contributed by atoms with Gasteiger partial charge in [-0.2, -0.15) is 5.10 Å². The van der Waals surface area contributed by atoms with Crippen molar-refractivity contribution in [1.82, 2.24) is 5.43 Å². The van der Waals surface area contributed by atoms with Crippen LogP contribution in [0.3, 0.4) is 0 Å². The van der Waals surface area contributed by atoms with E-state index in [0.717, 1.165) is 18.0 Å². The maximum absolute atomic E-state index is 3.79. The van der Waals surface area contributed by atoms with E-state index in [1.807, 2.05) is 6.08 Å². The smallest absolute Gasteiger partial charge is 0.0489 e. The standard InChI is InChI=1S/C11H20N2/c1-9(2)6-7-10(3)8-11(4)13-12-5/h8-9,13H,4-7H2,1-3H3/b10-8-. The quantitative estimate of drug-likeness (QED) is 0.379. The molecule has 0 spiro atoms. The van der Waals surface area contributed by atoms with Gasteiger partial charge in [0.1, 0.15) is 0 Å². The van der Waals surface area contributed by atoms with Crippen LogP contribution in [0.4, 0.5) is 0 Å². The lowest BCUT2D eigenvalue weighted by atomic mass is 10.0. The molecule has 0 aromatic heterocycles. The number of hydrogen-bond donors (Lipinski definition) is 1. The number of hydrogen-bond acceptors (Lipinski definition) is 2. The van der Waals surface area contributed by atoms with E-state index in [4.69, 9.17) is 0 Å². The fraction of sp³-hybridized carbons (Fsp3) is 0.545. The molecule has 0 rings (SSSR count). The first kappa shape index (κ1) is 11.9. The van der Waals surface area contributed by atoms with E-state index >= 15 is 0 Å². The Morgan fingerprint density at radius 1 is 1.54 bits per heavy atom. The minimum atomic E-state index is 0.752. The molecule has 0 saturated heterocycles. The predicted octanol–water partition coefficient (Wildman–Crippen LogP) is 3.09. The molecule has 2 heteroatoms. The first-order chi connectivity index (χ1) is 6.06. The lowest BCUT2D eigenvalue weighted by Crippen LogP contribution is -2.00. The van der Waals surface area contributed by atoms with E-state index in [2.05, 4.69) is 44.6 Å². The molecule has 0 heterocycles. The summed E-state index contributed by atoms with van der Waals surface area (Å²) in [6.07, 6.45) is 4.35. The van der Waals surface area contributed by atoms with E-state index in [9.17, 15) is 0 Å². The lowest BCUT2D eigenvalue weighted by Gasteiger charge is -2.05. The van der Waals surface area contributed by atoms with E-state index in [0.29, 0.717) is 0 Å². The zero-order valence-electron chi connectivity index (χ0n) is 8.93. The van der Waals surface area contributed by atoms with Crippen molar-refractivity contribution in [3.8, 4) is 0 Å². The van der Waals surface area contributed by atoms with Crippen molar-refractivity contribution in [3.63, 3.8) is 0 Å². The molecule has 74 valence electrons. The molecule has 2 nitrogen and oxygen atoms in total. The van der Waals surface area contributed by atoms with Crippen molar-refractivity contribution in [2.24, 2.45) is 11.0 Å². The van der Waals surface area contributed by atoms with E-state index in [-0.39, 0.29) is 0 Å². The summed E-state index contributed by atoms with van der Waals surface area (Å²) < 4.78 is 0. The second kappa shape index (κ2) is 6.46. The molecule has 0 amide bonds. The SMILES string of the molecule is C=NNC(=C)/C=C(/C)CCC(C)C. The van der Waals surface area contributed by atoms with Crippen LogP contribution in [0.5, 0.6) is 0 Å². The van der Waals surface area contributed by atoms with Gasteiger partial charge in [-0.25, -0.2) is 0 Å². The highest BCUT2D eigenvalue weighted by molar-refractivity contribution is 5.25. The zero-order chi connectivity index (χ0) is 10.3. The van der Waals surface area contributed by atoms with Gasteiger partial charge in [0.2, 0.25) is 0 Å². The predicted molar refractivity (Wildman–Crippen MR) is 59.7 cm³/mol. The molecular formula is C11H20N2. The van der Waals surface area contributed by atoms with Crippen LogP contribution in [0, 0.1) is 5.92 Å². The number of rotatable bonds is 6. The Balaban J connectivity index is 3.86. The summed E-state index contributed by atoms with van der Waals surface area (Å²) in [5.74, 6) is 0.752. The zero-order valence-corrected chi connectivity index (χ0v) is 8.93. The second-order valence-electron chi connectivity index (χ2n) is 3.72. The average molecular weight is 180 g/mol. The van der Waals surface area contributed by atoms with E-state index < -0.39 is 0 Å². The Hall–Kier alpha value is -1.05. The lowest BCUT2D eigenvalue weighted by molar-refractivity contribution is 0.584. The third kappa shape index (κ3) is 7.32. The third-order valence-corrected chi connectivity index (χ3v) is 1.76. The molecule has 0 bridgehead atoms. The molecule has 13 heavy (non-hydrogen) atoms. The minimum absolute atomic E-state index is 0.752. The van der Waals surface area contributed by atoms with Gasteiger partial charge < -0.3 is 0 Å². The van der Waals surface area contributed by atoms with Crippen LogP contribution in [-0.4, -0.2) is 6.72 Å². The summed E-state index contributed by atoms with van der Waals surface area (Å²) >= 11 is 0. The van der Waals surface area contributed by atoms with Crippen LogP contribution in [-0.2, 0) is 0 Å². The Morgan fingerprint density at radius 2 is 2.15 bits per heavy atom. The van der Waals surface area contributed by atoms with Gasteiger partial charge >= 0.3 is 0 Å². The molecule has 1 N–H and O–H groups in total. The maximum Gasteiger partial charge on any atom is 0.0489 e. The number of allylic oxidation sites excluding steroid dienone is 2. The summed E-state index contributed by atoms with van der Waals surface area (Å²) in [5, 5.41) is 3.54. The second-order valence-corrected chi connectivity index (χ2v) is 3.72. The molecule has 0 saturated carbocycles. The van der Waals surface area contributed by atoms with Crippen LogP contribution in [0.1, 0.15) is 33.6 Å². The first-order valence-corrected chi connectivity index (χ1v) is 4.64.